The molecule has 164 valence electrons. The van der Waals surface area contributed by atoms with E-state index in [9.17, 15) is 4.79 Å². The minimum atomic E-state index is -0.529. The summed E-state index contributed by atoms with van der Waals surface area (Å²) in [5, 5.41) is 14.8. The molecule has 0 saturated carbocycles. The SMILES string of the molecule is CCN(CCCNC(=O)[C@H](Cc1cccc(OC)c1)n1nnnc1C)c1ccccc1. The zero-order valence-corrected chi connectivity index (χ0v) is 18.4. The molecule has 3 aromatic rings. The van der Waals surface area contributed by atoms with Gasteiger partial charge in [-0.3, -0.25) is 4.79 Å². The van der Waals surface area contributed by atoms with E-state index in [1.54, 1.807) is 18.7 Å². The maximum Gasteiger partial charge on any atom is 0.245 e. The van der Waals surface area contributed by atoms with Crippen molar-refractivity contribution >= 4 is 11.6 Å². The number of nitrogens with zero attached hydrogens (tertiary/aromatic N) is 5. The number of benzene rings is 2. The molecule has 0 bridgehead atoms. The minimum Gasteiger partial charge on any atom is -0.497 e. The molecule has 0 aliphatic rings. The number of hydrogen-bond donors (Lipinski definition) is 1. The monoisotopic (exact) mass is 422 g/mol. The number of methoxy groups -OCH3 is 1. The van der Waals surface area contributed by atoms with Gasteiger partial charge in [0.2, 0.25) is 5.91 Å². The summed E-state index contributed by atoms with van der Waals surface area (Å²) in [6.07, 6.45) is 1.31. The van der Waals surface area contributed by atoms with E-state index in [1.165, 1.54) is 5.69 Å². The summed E-state index contributed by atoms with van der Waals surface area (Å²) in [4.78, 5) is 15.4. The average molecular weight is 423 g/mol. The quantitative estimate of drug-likeness (QED) is 0.478. The Bertz CT molecular complexity index is 959. The summed E-state index contributed by atoms with van der Waals surface area (Å²) in [6, 6.07) is 17.5. The van der Waals surface area contributed by atoms with Crippen LogP contribution in [0.25, 0.3) is 0 Å². The molecule has 1 N–H and O–H groups in total. The third-order valence-corrected chi connectivity index (χ3v) is 5.23. The number of rotatable bonds is 11. The number of para-hydroxylation sites is 1. The van der Waals surface area contributed by atoms with Crippen molar-refractivity contribution in [2.24, 2.45) is 0 Å². The van der Waals surface area contributed by atoms with Gasteiger partial charge in [0.25, 0.3) is 0 Å². The van der Waals surface area contributed by atoms with Crippen LogP contribution in [0.1, 0.15) is 30.8 Å². The average Bonchev–Trinajstić information content (AvgIpc) is 3.23. The van der Waals surface area contributed by atoms with Gasteiger partial charge >= 0.3 is 0 Å². The summed E-state index contributed by atoms with van der Waals surface area (Å²) in [6.45, 7) is 6.30. The number of aromatic nitrogens is 4. The first-order valence-electron chi connectivity index (χ1n) is 10.6. The first-order chi connectivity index (χ1) is 15.1. The molecular weight excluding hydrogens is 392 g/mol. The minimum absolute atomic E-state index is 0.0963. The predicted octanol–water partition coefficient (Wildman–Crippen LogP) is 2.81. The van der Waals surface area contributed by atoms with Crippen LogP contribution in [-0.2, 0) is 11.2 Å². The lowest BCUT2D eigenvalue weighted by Gasteiger charge is -2.23. The number of tetrazole rings is 1. The molecule has 1 atom stereocenters. The van der Waals surface area contributed by atoms with Crippen LogP contribution < -0.4 is 15.0 Å². The van der Waals surface area contributed by atoms with E-state index in [0.717, 1.165) is 30.8 Å². The highest BCUT2D eigenvalue weighted by Gasteiger charge is 2.24. The van der Waals surface area contributed by atoms with Crippen molar-refractivity contribution in [2.45, 2.75) is 32.7 Å². The predicted molar refractivity (Wildman–Crippen MR) is 120 cm³/mol. The van der Waals surface area contributed by atoms with Crippen LogP contribution in [0.2, 0.25) is 0 Å². The molecule has 8 nitrogen and oxygen atoms in total. The molecule has 0 unspecified atom stereocenters. The third-order valence-electron chi connectivity index (χ3n) is 5.23. The molecule has 1 amide bonds. The second-order valence-electron chi connectivity index (χ2n) is 7.30. The van der Waals surface area contributed by atoms with E-state index in [0.29, 0.717) is 18.8 Å². The normalized spacial score (nSPS) is 11.7. The Hall–Kier alpha value is -3.42. The molecule has 31 heavy (non-hydrogen) atoms. The van der Waals surface area contributed by atoms with Crippen molar-refractivity contribution in [1.29, 1.82) is 0 Å². The molecule has 3 rings (SSSR count). The van der Waals surface area contributed by atoms with E-state index >= 15 is 0 Å². The van der Waals surface area contributed by atoms with Gasteiger partial charge in [0.15, 0.2) is 0 Å². The van der Waals surface area contributed by atoms with Gasteiger partial charge < -0.3 is 15.0 Å². The van der Waals surface area contributed by atoms with Gasteiger partial charge in [-0.15, -0.1) is 5.10 Å². The first kappa shape index (κ1) is 22.3. The lowest BCUT2D eigenvalue weighted by atomic mass is 10.0. The van der Waals surface area contributed by atoms with Gasteiger partial charge in [0.1, 0.15) is 17.6 Å². The Labute approximate surface area is 183 Å². The Morgan fingerprint density at radius 1 is 1.19 bits per heavy atom. The number of nitrogens with one attached hydrogen (secondary N) is 1. The zero-order chi connectivity index (χ0) is 22.1. The summed E-state index contributed by atoms with van der Waals surface area (Å²) in [5.74, 6) is 1.26. The zero-order valence-electron chi connectivity index (χ0n) is 18.4. The number of carbonyl (C=O) groups excluding carboxylic acids is 1. The number of anilines is 1. The standard InChI is InChI=1S/C23H30N6O2/c1-4-28(20-11-6-5-7-12-20)15-9-14-24-23(30)22(29-18(2)25-26-27-29)17-19-10-8-13-21(16-19)31-3/h5-8,10-13,16,22H,4,9,14-15,17H2,1-3H3,(H,24,30)/t22-/m0/s1. The second-order valence-corrected chi connectivity index (χ2v) is 7.30. The van der Waals surface area contributed by atoms with Crippen LogP contribution >= 0.6 is 0 Å². The van der Waals surface area contributed by atoms with Gasteiger partial charge in [-0.25, -0.2) is 4.68 Å². The van der Waals surface area contributed by atoms with Gasteiger partial charge in [-0.2, -0.15) is 0 Å². The number of aryl methyl sites for hydroxylation is 1. The molecule has 0 radical (unpaired) electrons. The van der Waals surface area contributed by atoms with Crippen LogP contribution in [0.3, 0.4) is 0 Å². The summed E-state index contributed by atoms with van der Waals surface area (Å²) >= 11 is 0. The van der Waals surface area contributed by atoms with Gasteiger partial charge in [-0.1, -0.05) is 30.3 Å². The van der Waals surface area contributed by atoms with Crippen LogP contribution in [0.15, 0.2) is 54.6 Å². The van der Waals surface area contributed by atoms with Crippen molar-refractivity contribution in [1.82, 2.24) is 25.5 Å². The molecule has 1 aromatic heterocycles. The fraction of sp³-hybridized carbons (Fsp3) is 0.391. The number of carbonyl (C=O) groups is 1. The second kappa shape index (κ2) is 11.1. The summed E-state index contributed by atoms with van der Waals surface area (Å²) < 4.78 is 6.89. The van der Waals surface area contributed by atoms with E-state index < -0.39 is 6.04 Å². The summed E-state index contributed by atoms with van der Waals surface area (Å²) in [7, 11) is 1.63. The fourth-order valence-corrected chi connectivity index (χ4v) is 3.55. The molecule has 2 aromatic carbocycles. The number of ether oxygens (including phenoxy) is 1. The molecule has 0 fully saturated rings. The molecular formula is C23H30N6O2. The van der Waals surface area contributed by atoms with Crippen molar-refractivity contribution in [3.8, 4) is 5.75 Å². The number of hydrogen-bond acceptors (Lipinski definition) is 6. The summed E-state index contributed by atoms with van der Waals surface area (Å²) in [5.41, 5.74) is 2.17. The van der Waals surface area contributed by atoms with Gasteiger partial charge in [0, 0.05) is 31.7 Å². The van der Waals surface area contributed by atoms with Crippen molar-refractivity contribution in [2.75, 3.05) is 31.6 Å². The highest BCUT2D eigenvalue weighted by molar-refractivity contribution is 5.80. The maximum absolute atomic E-state index is 13.1. The van der Waals surface area contributed by atoms with Crippen LogP contribution in [0, 0.1) is 6.92 Å². The largest absolute Gasteiger partial charge is 0.497 e. The van der Waals surface area contributed by atoms with E-state index in [2.05, 4.69) is 44.8 Å². The number of amides is 1. The molecule has 0 spiro atoms. The van der Waals surface area contributed by atoms with Crippen LogP contribution in [-0.4, -0.2) is 52.9 Å². The topological polar surface area (TPSA) is 85.2 Å². The Balaban J connectivity index is 1.61. The van der Waals surface area contributed by atoms with Crippen molar-refractivity contribution in [3.63, 3.8) is 0 Å². The van der Waals surface area contributed by atoms with E-state index in [-0.39, 0.29) is 5.91 Å². The lowest BCUT2D eigenvalue weighted by molar-refractivity contribution is -0.124. The molecule has 8 heteroatoms. The smallest absolute Gasteiger partial charge is 0.245 e. The van der Waals surface area contributed by atoms with Crippen molar-refractivity contribution < 1.29 is 9.53 Å². The first-order valence-corrected chi connectivity index (χ1v) is 10.6. The Kier molecular flexibility index (Phi) is 7.98. The van der Waals surface area contributed by atoms with Crippen LogP contribution in [0.4, 0.5) is 5.69 Å². The van der Waals surface area contributed by atoms with Crippen molar-refractivity contribution in [3.05, 3.63) is 66.0 Å². The highest BCUT2D eigenvalue weighted by atomic mass is 16.5. The molecule has 0 saturated heterocycles. The lowest BCUT2D eigenvalue weighted by Crippen LogP contribution is -2.36. The molecule has 0 aliphatic heterocycles. The van der Waals surface area contributed by atoms with E-state index in [4.69, 9.17) is 4.74 Å². The highest BCUT2D eigenvalue weighted by Crippen LogP contribution is 2.19. The van der Waals surface area contributed by atoms with E-state index in [1.807, 2.05) is 42.5 Å². The molecule has 1 heterocycles. The third kappa shape index (κ3) is 6.04. The maximum atomic E-state index is 13.1. The molecule has 0 aliphatic carbocycles. The Morgan fingerprint density at radius 3 is 2.68 bits per heavy atom. The van der Waals surface area contributed by atoms with Gasteiger partial charge in [0.05, 0.1) is 7.11 Å². The van der Waals surface area contributed by atoms with Crippen LogP contribution in [0.5, 0.6) is 5.75 Å². The Morgan fingerprint density at radius 2 is 2.00 bits per heavy atom. The van der Waals surface area contributed by atoms with Gasteiger partial charge in [-0.05, 0) is 60.5 Å². The fourth-order valence-electron chi connectivity index (χ4n) is 3.55.